The van der Waals surface area contributed by atoms with Gasteiger partial charge in [0.05, 0.1) is 12.2 Å². The lowest BCUT2D eigenvalue weighted by Crippen LogP contribution is -2.42. The standard InChI is InChI=1S/C6H11NO4/c1-3(8)5(10)6(11)4(9)2-7/h3-6,8-11H,1H3/t3-,4+,5-,6+/m0/s1. The summed E-state index contributed by atoms with van der Waals surface area (Å²) >= 11 is 0. The third-order valence-corrected chi connectivity index (χ3v) is 1.30. The Kier molecular flexibility index (Phi) is 4.00. The summed E-state index contributed by atoms with van der Waals surface area (Å²) in [6.07, 6.45) is -5.96. The summed E-state index contributed by atoms with van der Waals surface area (Å²) in [6, 6.07) is 1.33. The third kappa shape index (κ3) is 2.82. The molecule has 11 heavy (non-hydrogen) atoms. The zero-order chi connectivity index (χ0) is 9.02. The normalized spacial score (nSPS) is 21.5. The SMILES string of the molecule is C[C@H](O)[C@H](O)[C@H](O)[C@H](O)C#N. The van der Waals surface area contributed by atoms with Crippen LogP contribution >= 0.6 is 0 Å². The van der Waals surface area contributed by atoms with Gasteiger partial charge in [-0.3, -0.25) is 0 Å². The lowest BCUT2D eigenvalue weighted by molar-refractivity contribution is -0.0858. The predicted molar refractivity (Wildman–Crippen MR) is 35.3 cm³/mol. The molecule has 0 fully saturated rings. The van der Waals surface area contributed by atoms with E-state index in [4.69, 9.17) is 25.7 Å². The molecule has 0 radical (unpaired) electrons. The van der Waals surface area contributed by atoms with Crippen LogP contribution in [0.5, 0.6) is 0 Å². The van der Waals surface area contributed by atoms with Crippen LogP contribution < -0.4 is 0 Å². The summed E-state index contributed by atoms with van der Waals surface area (Å²) in [5.74, 6) is 0. The van der Waals surface area contributed by atoms with E-state index in [-0.39, 0.29) is 0 Å². The Morgan fingerprint density at radius 3 is 1.82 bits per heavy atom. The highest BCUT2D eigenvalue weighted by Gasteiger charge is 2.27. The smallest absolute Gasteiger partial charge is 0.168 e. The van der Waals surface area contributed by atoms with Gasteiger partial charge in [0, 0.05) is 0 Å². The number of nitrogens with zero attached hydrogens (tertiary/aromatic N) is 1. The highest BCUT2D eigenvalue weighted by Crippen LogP contribution is 2.03. The zero-order valence-electron chi connectivity index (χ0n) is 6.05. The molecule has 0 rings (SSSR count). The summed E-state index contributed by atoms with van der Waals surface area (Å²) in [7, 11) is 0. The van der Waals surface area contributed by atoms with Gasteiger partial charge in [-0.2, -0.15) is 5.26 Å². The van der Waals surface area contributed by atoms with Gasteiger partial charge in [-0.05, 0) is 6.92 Å². The van der Waals surface area contributed by atoms with Gasteiger partial charge in [-0.15, -0.1) is 0 Å². The van der Waals surface area contributed by atoms with Gasteiger partial charge in [0.2, 0.25) is 0 Å². The van der Waals surface area contributed by atoms with Crippen LogP contribution in [0.25, 0.3) is 0 Å². The average molecular weight is 161 g/mol. The van der Waals surface area contributed by atoms with E-state index >= 15 is 0 Å². The Balaban J connectivity index is 4.03. The molecule has 5 nitrogen and oxygen atoms in total. The van der Waals surface area contributed by atoms with Crippen LogP contribution in [0, 0.1) is 11.3 Å². The molecule has 0 heterocycles. The van der Waals surface area contributed by atoms with Gasteiger partial charge in [0.1, 0.15) is 12.2 Å². The molecule has 4 atom stereocenters. The molecule has 0 bridgehead atoms. The zero-order valence-corrected chi connectivity index (χ0v) is 6.05. The number of hydrogen-bond acceptors (Lipinski definition) is 5. The van der Waals surface area contributed by atoms with E-state index in [0.29, 0.717) is 0 Å². The number of aliphatic hydroxyl groups excluding tert-OH is 4. The lowest BCUT2D eigenvalue weighted by atomic mass is 10.1. The first-order valence-corrected chi connectivity index (χ1v) is 3.12. The van der Waals surface area contributed by atoms with E-state index in [2.05, 4.69) is 0 Å². The first-order chi connectivity index (χ1) is 5.00. The maximum absolute atomic E-state index is 8.89. The van der Waals surface area contributed by atoms with Crippen molar-refractivity contribution in [2.45, 2.75) is 31.3 Å². The van der Waals surface area contributed by atoms with Crippen molar-refractivity contribution in [2.75, 3.05) is 0 Å². The predicted octanol–water partition coefficient (Wildman–Crippen LogP) is -2.03. The molecule has 0 aromatic carbocycles. The average Bonchev–Trinajstić information content (AvgIpc) is 2.00. The number of hydrogen-bond donors (Lipinski definition) is 4. The van der Waals surface area contributed by atoms with Crippen LogP contribution in [-0.4, -0.2) is 44.8 Å². The Morgan fingerprint density at radius 2 is 1.55 bits per heavy atom. The molecular weight excluding hydrogens is 150 g/mol. The second-order valence-corrected chi connectivity index (χ2v) is 2.30. The highest BCUT2D eigenvalue weighted by molar-refractivity contribution is 4.92. The fourth-order valence-corrected chi connectivity index (χ4v) is 0.548. The van der Waals surface area contributed by atoms with Crippen molar-refractivity contribution in [3.05, 3.63) is 0 Å². The number of rotatable bonds is 3. The Bertz CT molecular complexity index is 153. The van der Waals surface area contributed by atoms with Crippen molar-refractivity contribution in [2.24, 2.45) is 0 Å². The van der Waals surface area contributed by atoms with Crippen molar-refractivity contribution < 1.29 is 20.4 Å². The molecule has 0 aromatic heterocycles. The molecule has 0 amide bonds. The van der Waals surface area contributed by atoms with E-state index in [9.17, 15) is 0 Å². The minimum absolute atomic E-state index is 1.17. The van der Waals surface area contributed by atoms with Crippen molar-refractivity contribution in [1.29, 1.82) is 5.26 Å². The molecule has 5 heteroatoms. The van der Waals surface area contributed by atoms with Gasteiger partial charge < -0.3 is 20.4 Å². The molecule has 64 valence electrons. The third-order valence-electron chi connectivity index (χ3n) is 1.30. The lowest BCUT2D eigenvalue weighted by Gasteiger charge is -2.20. The van der Waals surface area contributed by atoms with Crippen molar-refractivity contribution in [1.82, 2.24) is 0 Å². The number of nitriles is 1. The monoisotopic (exact) mass is 161 g/mol. The van der Waals surface area contributed by atoms with Gasteiger partial charge in [-0.1, -0.05) is 0 Å². The highest BCUT2D eigenvalue weighted by atomic mass is 16.4. The summed E-state index contributed by atoms with van der Waals surface area (Å²) in [6.45, 7) is 1.25. The quantitative estimate of drug-likeness (QED) is 0.357. The van der Waals surface area contributed by atoms with Crippen LogP contribution in [0.2, 0.25) is 0 Å². The molecular formula is C6H11NO4. The molecule has 0 aromatic rings. The number of aliphatic hydroxyl groups is 4. The van der Waals surface area contributed by atoms with Gasteiger partial charge in [0.25, 0.3) is 0 Å². The maximum Gasteiger partial charge on any atom is 0.168 e. The van der Waals surface area contributed by atoms with E-state index in [1.165, 1.54) is 13.0 Å². The van der Waals surface area contributed by atoms with Crippen LogP contribution in [0.1, 0.15) is 6.92 Å². The van der Waals surface area contributed by atoms with Crippen molar-refractivity contribution >= 4 is 0 Å². The molecule has 0 spiro atoms. The van der Waals surface area contributed by atoms with Crippen LogP contribution in [0.15, 0.2) is 0 Å². The van der Waals surface area contributed by atoms with E-state index in [0.717, 1.165) is 0 Å². The van der Waals surface area contributed by atoms with E-state index in [1.807, 2.05) is 0 Å². The fraction of sp³-hybridized carbons (Fsp3) is 0.833. The van der Waals surface area contributed by atoms with Gasteiger partial charge in [0.15, 0.2) is 6.10 Å². The molecule has 0 saturated heterocycles. The summed E-state index contributed by atoms with van der Waals surface area (Å²) in [4.78, 5) is 0. The summed E-state index contributed by atoms with van der Waals surface area (Å²) in [5, 5.41) is 43.2. The molecule has 4 N–H and O–H groups in total. The summed E-state index contributed by atoms with van der Waals surface area (Å²) in [5.41, 5.74) is 0. The van der Waals surface area contributed by atoms with Crippen molar-refractivity contribution in [3.63, 3.8) is 0 Å². The Labute approximate surface area is 64.1 Å². The molecule has 0 aliphatic heterocycles. The van der Waals surface area contributed by atoms with Gasteiger partial charge in [-0.25, -0.2) is 0 Å². The minimum Gasteiger partial charge on any atom is -0.391 e. The van der Waals surface area contributed by atoms with E-state index in [1.54, 1.807) is 0 Å². The van der Waals surface area contributed by atoms with Gasteiger partial charge >= 0.3 is 0 Å². The largest absolute Gasteiger partial charge is 0.391 e. The van der Waals surface area contributed by atoms with Crippen LogP contribution in [-0.2, 0) is 0 Å². The second-order valence-electron chi connectivity index (χ2n) is 2.30. The van der Waals surface area contributed by atoms with Crippen LogP contribution in [0.3, 0.4) is 0 Å². The Hall–Kier alpha value is -0.670. The van der Waals surface area contributed by atoms with E-state index < -0.39 is 24.4 Å². The fourth-order valence-electron chi connectivity index (χ4n) is 0.548. The topological polar surface area (TPSA) is 105 Å². The molecule has 0 aliphatic carbocycles. The Morgan fingerprint density at radius 1 is 1.09 bits per heavy atom. The maximum atomic E-state index is 8.89. The molecule has 0 unspecified atom stereocenters. The minimum atomic E-state index is -1.67. The second kappa shape index (κ2) is 4.26. The van der Waals surface area contributed by atoms with Crippen molar-refractivity contribution in [3.8, 4) is 6.07 Å². The first kappa shape index (κ1) is 10.3. The molecule has 0 saturated carbocycles. The first-order valence-electron chi connectivity index (χ1n) is 3.12. The molecule has 0 aliphatic rings. The van der Waals surface area contributed by atoms with Crippen LogP contribution in [0.4, 0.5) is 0 Å². The summed E-state index contributed by atoms with van der Waals surface area (Å²) < 4.78 is 0.